The summed E-state index contributed by atoms with van der Waals surface area (Å²) >= 11 is 0. The van der Waals surface area contributed by atoms with Crippen LogP contribution in [0.3, 0.4) is 0 Å². The van der Waals surface area contributed by atoms with Crippen LogP contribution < -0.4 is 10.5 Å². The third-order valence-corrected chi connectivity index (χ3v) is 4.14. The van der Waals surface area contributed by atoms with Crippen LogP contribution in [0.2, 0.25) is 0 Å². The Labute approximate surface area is 116 Å². The standard InChI is InChI=1S/C16H25NO2/c1-12-6-7-16(18-2)15(8-12)11-19-10-14-5-3-4-13(14)9-17/h6-8,13-14H,3-5,9-11,17H2,1-2H3. The number of aryl methyl sites for hydroxylation is 1. The molecule has 1 fully saturated rings. The van der Waals surface area contributed by atoms with Gasteiger partial charge in [-0.25, -0.2) is 0 Å². The number of hydrogen-bond acceptors (Lipinski definition) is 3. The monoisotopic (exact) mass is 263 g/mol. The van der Waals surface area contributed by atoms with Crippen molar-refractivity contribution in [1.82, 2.24) is 0 Å². The average molecular weight is 263 g/mol. The van der Waals surface area contributed by atoms with E-state index in [9.17, 15) is 0 Å². The van der Waals surface area contributed by atoms with Crippen LogP contribution in [0.1, 0.15) is 30.4 Å². The summed E-state index contributed by atoms with van der Waals surface area (Å²) in [6, 6.07) is 6.20. The van der Waals surface area contributed by atoms with Crippen LogP contribution in [0.4, 0.5) is 0 Å². The maximum Gasteiger partial charge on any atom is 0.124 e. The van der Waals surface area contributed by atoms with Gasteiger partial charge in [-0.1, -0.05) is 24.1 Å². The van der Waals surface area contributed by atoms with E-state index >= 15 is 0 Å². The second-order valence-electron chi connectivity index (χ2n) is 5.52. The van der Waals surface area contributed by atoms with Crippen LogP contribution in [0, 0.1) is 18.8 Å². The zero-order valence-electron chi connectivity index (χ0n) is 12.0. The van der Waals surface area contributed by atoms with Gasteiger partial charge in [-0.05, 0) is 44.2 Å². The van der Waals surface area contributed by atoms with Gasteiger partial charge < -0.3 is 15.2 Å². The molecule has 106 valence electrons. The Bertz CT molecular complexity index is 406. The van der Waals surface area contributed by atoms with Crippen molar-refractivity contribution in [3.63, 3.8) is 0 Å². The first-order valence-corrected chi connectivity index (χ1v) is 7.16. The zero-order chi connectivity index (χ0) is 13.7. The summed E-state index contributed by atoms with van der Waals surface area (Å²) in [7, 11) is 1.70. The van der Waals surface area contributed by atoms with Crippen molar-refractivity contribution in [2.75, 3.05) is 20.3 Å². The Kier molecular flexibility index (Phi) is 5.23. The third-order valence-electron chi connectivity index (χ3n) is 4.14. The molecule has 0 radical (unpaired) electrons. The van der Waals surface area contributed by atoms with Gasteiger partial charge in [0.1, 0.15) is 5.75 Å². The highest BCUT2D eigenvalue weighted by molar-refractivity contribution is 5.36. The molecule has 2 atom stereocenters. The normalized spacial score (nSPS) is 22.7. The molecule has 3 nitrogen and oxygen atoms in total. The molecule has 0 saturated heterocycles. The molecule has 3 heteroatoms. The van der Waals surface area contributed by atoms with E-state index in [0.29, 0.717) is 18.4 Å². The summed E-state index contributed by atoms with van der Waals surface area (Å²) in [4.78, 5) is 0. The molecule has 0 aromatic heterocycles. The van der Waals surface area contributed by atoms with Gasteiger partial charge in [-0.15, -0.1) is 0 Å². The molecule has 1 aromatic carbocycles. The summed E-state index contributed by atoms with van der Waals surface area (Å²) in [5, 5.41) is 0. The molecule has 2 rings (SSSR count). The fourth-order valence-corrected chi connectivity index (χ4v) is 2.98. The van der Waals surface area contributed by atoms with Crippen LogP contribution in [-0.2, 0) is 11.3 Å². The minimum absolute atomic E-state index is 0.624. The number of nitrogens with two attached hydrogens (primary N) is 1. The van der Waals surface area contributed by atoms with E-state index in [1.807, 2.05) is 6.07 Å². The van der Waals surface area contributed by atoms with Crippen LogP contribution in [0.15, 0.2) is 18.2 Å². The summed E-state index contributed by atoms with van der Waals surface area (Å²) in [6.45, 7) is 4.32. The molecule has 0 amide bonds. The molecule has 0 aliphatic heterocycles. The smallest absolute Gasteiger partial charge is 0.124 e. The molecule has 2 unspecified atom stereocenters. The van der Waals surface area contributed by atoms with E-state index in [-0.39, 0.29) is 0 Å². The van der Waals surface area contributed by atoms with E-state index in [0.717, 1.165) is 24.5 Å². The predicted molar refractivity (Wildman–Crippen MR) is 77.3 cm³/mol. The largest absolute Gasteiger partial charge is 0.496 e. The van der Waals surface area contributed by atoms with E-state index in [2.05, 4.69) is 19.1 Å². The van der Waals surface area contributed by atoms with Gasteiger partial charge in [0.25, 0.3) is 0 Å². The van der Waals surface area contributed by atoms with Gasteiger partial charge in [0.2, 0.25) is 0 Å². The summed E-state index contributed by atoms with van der Waals surface area (Å²) in [5.74, 6) is 2.20. The third kappa shape index (κ3) is 3.71. The molecule has 0 heterocycles. The molecule has 0 bridgehead atoms. The number of methoxy groups -OCH3 is 1. The maximum atomic E-state index is 5.90. The lowest BCUT2D eigenvalue weighted by atomic mass is 9.97. The lowest BCUT2D eigenvalue weighted by Crippen LogP contribution is -2.22. The fraction of sp³-hybridized carbons (Fsp3) is 0.625. The second-order valence-corrected chi connectivity index (χ2v) is 5.52. The topological polar surface area (TPSA) is 44.5 Å². The van der Waals surface area contributed by atoms with Gasteiger partial charge in [0.05, 0.1) is 20.3 Å². The first kappa shape index (κ1) is 14.4. The SMILES string of the molecule is COc1ccc(C)cc1COCC1CCCC1CN. The molecule has 2 N–H and O–H groups in total. The highest BCUT2D eigenvalue weighted by Gasteiger charge is 2.26. The Morgan fingerprint density at radius 1 is 1.26 bits per heavy atom. The van der Waals surface area contributed by atoms with Crippen LogP contribution in [-0.4, -0.2) is 20.3 Å². The van der Waals surface area contributed by atoms with Gasteiger partial charge in [0.15, 0.2) is 0 Å². The van der Waals surface area contributed by atoms with Crippen molar-refractivity contribution in [3.8, 4) is 5.75 Å². The van der Waals surface area contributed by atoms with E-state index in [4.69, 9.17) is 15.2 Å². The van der Waals surface area contributed by atoms with Crippen LogP contribution in [0.25, 0.3) is 0 Å². The summed E-state index contributed by atoms with van der Waals surface area (Å²) in [6.07, 6.45) is 3.81. The number of benzene rings is 1. The molecule has 19 heavy (non-hydrogen) atoms. The van der Waals surface area contributed by atoms with Crippen LogP contribution >= 0.6 is 0 Å². The van der Waals surface area contributed by atoms with Crippen molar-refractivity contribution >= 4 is 0 Å². The minimum atomic E-state index is 0.624. The Balaban J connectivity index is 1.87. The fourth-order valence-electron chi connectivity index (χ4n) is 2.98. The van der Waals surface area contributed by atoms with Crippen molar-refractivity contribution in [3.05, 3.63) is 29.3 Å². The first-order valence-electron chi connectivity index (χ1n) is 7.16. The summed E-state index contributed by atoms with van der Waals surface area (Å²) in [5.41, 5.74) is 8.16. The second kappa shape index (κ2) is 6.92. The number of rotatable bonds is 6. The highest BCUT2D eigenvalue weighted by atomic mass is 16.5. The molecule has 0 spiro atoms. The number of hydrogen-bond donors (Lipinski definition) is 1. The quantitative estimate of drug-likeness (QED) is 0.858. The van der Waals surface area contributed by atoms with E-state index in [1.54, 1.807) is 7.11 Å². The Hall–Kier alpha value is -1.06. The predicted octanol–water partition coefficient (Wildman–Crippen LogP) is 2.90. The van der Waals surface area contributed by atoms with Crippen molar-refractivity contribution in [2.24, 2.45) is 17.6 Å². The molecular weight excluding hydrogens is 238 g/mol. The lowest BCUT2D eigenvalue weighted by molar-refractivity contribution is 0.0741. The molecule has 1 aliphatic carbocycles. The molecular formula is C16H25NO2. The van der Waals surface area contributed by atoms with Crippen molar-refractivity contribution in [1.29, 1.82) is 0 Å². The Morgan fingerprint density at radius 3 is 2.79 bits per heavy atom. The van der Waals surface area contributed by atoms with Gasteiger partial charge in [-0.3, -0.25) is 0 Å². The van der Waals surface area contributed by atoms with E-state index in [1.165, 1.54) is 24.8 Å². The lowest BCUT2D eigenvalue weighted by Gasteiger charge is -2.18. The molecule has 1 aliphatic rings. The van der Waals surface area contributed by atoms with Gasteiger partial charge in [0, 0.05) is 5.56 Å². The Morgan fingerprint density at radius 2 is 2.05 bits per heavy atom. The highest BCUT2D eigenvalue weighted by Crippen LogP contribution is 2.31. The van der Waals surface area contributed by atoms with Crippen molar-refractivity contribution in [2.45, 2.75) is 32.8 Å². The minimum Gasteiger partial charge on any atom is -0.496 e. The van der Waals surface area contributed by atoms with Crippen LogP contribution in [0.5, 0.6) is 5.75 Å². The van der Waals surface area contributed by atoms with Crippen molar-refractivity contribution < 1.29 is 9.47 Å². The molecule has 1 saturated carbocycles. The van der Waals surface area contributed by atoms with E-state index < -0.39 is 0 Å². The zero-order valence-corrected chi connectivity index (χ0v) is 12.0. The number of ether oxygens (including phenoxy) is 2. The van der Waals surface area contributed by atoms with Gasteiger partial charge >= 0.3 is 0 Å². The van der Waals surface area contributed by atoms with Gasteiger partial charge in [-0.2, -0.15) is 0 Å². The molecule has 1 aromatic rings. The average Bonchev–Trinajstić information content (AvgIpc) is 2.86. The first-order chi connectivity index (χ1) is 9.24. The summed E-state index contributed by atoms with van der Waals surface area (Å²) < 4.78 is 11.3. The maximum absolute atomic E-state index is 5.90.